The zero-order valence-corrected chi connectivity index (χ0v) is 15.4. The van der Waals surface area contributed by atoms with Crippen molar-refractivity contribution in [2.45, 2.75) is 46.3 Å². The van der Waals surface area contributed by atoms with Crippen LogP contribution < -0.4 is 10.1 Å². The monoisotopic (exact) mass is 352 g/mol. The van der Waals surface area contributed by atoms with Gasteiger partial charge < -0.3 is 19.7 Å². The standard InChI is InChI=1S/C19H29FN2O3/c1-4-16-12-21-8-9-22(16)19(23)25-13-15-11-17(5-6-18(15)20)24-10-7-14(2)3/h5-6,11,14,16,21H,4,7-10,12-13H2,1-3H3/t16-/m1/s1. The lowest BCUT2D eigenvalue weighted by molar-refractivity contribution is 0.0706. The van der Waals surface area contributed by atoms with Crippen LogP contribution in [0.4, 0.5) is 9.18 Å². The van der Waals surface area contributed by atoms with Crippen LogP contribution in [0.15, 0.2) is 18.2 Å². The smallest absolute Gasteiger partial charge is 0.410 e. The molecule has 0 radical (unpaired) electrons. The number of piperazine rings is 1. The summed E-state index contributed by atoms with van der Waals surface area (Å²) >= 11 is 0. The van der Waals surface area contributed by atoms with E-state index in [0.717, 1.165) is 25.9 Å². The molecule has 25 heavy (non-hydrogen) atoms. The van der Waals surface area contributed by atoms with Gasteiger partial charge in [0.2, 0.25) is 0 Å². The van der Waals surface area contributed by atoms with Crippen molar-refractivity contribution in [3.8, 4) is 5.75 Å². The molecule has 1 N–H and O–H groups in total. The van der Waals surface area contributed by atoms with Gasteiger partial charge in [0.1, 0.15) is 18.2 Å². The molecule has 0 saturated carbocycles. The average molecular weight is 352 g/mol. The first-order valence-electron chi connectivity index (χ1n) is 9.06. The molecule has 1 atom stereocenters. The summed E-state index contributed by atoms with van der Waals surface area (Å²) in [5.74, 6) is 0.754. The molecular formula is C19H29FN2O3. The molecule has 0 spiro atoms. The highest BCUT2D eigenvalue weighted by molar-refractivity contribution is 5.68. The second-order valence-corrected chi connectivity index (χ2v) is 6.80. The molecule has 0 bridgehead atoms. The zero-order valence-electron chi connectivity index (χ0n) is 15.4. The van der Waals surface area contributed by atoms with Crippen molar-refractivity contribution in [3.63, 3.8) is 0 Å². The molecule has 1 aromatic rings. The predicted molar refractivity (Wildman–Crippen MR) is 95.2 cm³/mol. The normalized spacial score (nSPS) is 17.6. The van der Waals surface area contributed by atoms with E-state index in [1.165, 1.54) is 6.07 Å². The van der Waals surface area contributed by atoms with Crippen molar-refractivity contribution in [3.05, 3.63) is 29.6 Å². The summed E-state index contributed by atoms with van der Waals surface area (Å²) in [4.78, 5) is 14.0. The van der Waals surface area contributed by atoms with Crippen molar-refractivity contribution in [1.29, 1.82) is 0 Å². The maximum absolute atomic E-state index is 14.0. The van der Waals surface area contributed by atoms with E-state index >= 15 is 0 Å². The van der Waals surface area contributed by atoms with Gasteiger partial charge in [-0.05, 0) is 37.0 Å². The number of hydrogen-bond donors (Lipinski definition) is 1. The Morgan fingerprint density at radius 3 is 2.96 bits per heavy atom. The molecule has 1 fully saturated rings. The molecule has 0 aliphatic carbocycles. The molecule has 0 aromatic heterocycles. The van der Waals surface area contributed by atoms with Gasteiger partial charge in [0.15, 0.2) is 0 Å². The fourth-order valence-electron chi connectivity index (χ4n) is 2.75. The molecule has 1 aliphatic heterocycles. The lowest BCUT2D eigenvalue weighted by Crippen LogP contribution is -2.53. The van der Waals surface area contributed by atoms with Gasteiger partial charge in [-0.15, -0.1) is 0 Å². The molecule has 140 valence electrons. The van der Waals surface area contributed by atoms with Crippen LogP contribution in [0.2, 0.25) is 0 Å². The zero-order chi connectivity index (χ0) is 18.2. The van der Waals surface area contributed by atoms with Gasteiger partial charge in [0, 0.05) is 31.2 Å². The fraction of sp³-hybridized carbons (Fsp3) is 0.632. The van der Waals surface area contributed by atoms with Crippen molar-refractivity contribution in [1.82, 2.24) is 10.2 Å². The Morgan fingerprint density at radius 2 is 2.24 bits per heavy atom. The summed E-state index contributed by atoms with van der Waals surface area (Å²) in [6.45, 7) is 8.90. The number of ether oxygens (including phenoxy) is 2. The van der Waals surface area contributed by atoms with Gasteiger partial charge in [0.25, 0.3) is 0 Å². The second-order valence-electron chi connectivity index (χ2n) is 6.80. The second kappa shape index (κ2) is 9.61. The molecule has 5 nitrogen and oxygen atoms in total. The fourth-order valence-corrected chi connectivity index (χ4v) is 2.75. The summed E-state index contributed by atoms with van der Waals surface area (Å²) in [5, 5.41) is 3.26. The van der Waals surface area contributed by atoms with Gasteiger partial charge in [-0.2, -0.15) is 0 Å². The third kappa shape index (κ3) is 5.88. The minimum absolute atomic E-state index is 0.0909. The number of rotatable bonds is 7. The third-order valence-corrected chi connectivity index (χ3v) is 4.39. The van der Waals surface area contributed by atoms with Crippen LogP contribution in [0, 0.1) is 11.7 Å². The molecule has 6 heteroatoms. The predicted octanol–water partition coefficient (Wildman–Crippen LogP) is 3.57. The summed E-state index contributed by atoms with van der Waals surface area (Å²) < 4.78 is 25.0. The van der Waals surface area contributed by atoms with E-state index in [9.17, 15) is 9.18 Å². The van der Waals surface area contributed by atoms with Crippen LogP contribution in [0.25, 0.3) is 0 Å². The SMILES string of the molecule is CC[C@@H]1CNCCN1C(=O)OCc1cc(OCCC(C)C)ccc1F. The van der Waals surface area contributed by atoms with Crippen LogP contribution in [0.1, 0.15) is 39.2 Å². The molecule has 1 aliphatic rings. The third-order valence-electron chi connectivity index (χ3n) is 4.39. The molecule has 1 heterocycles. The van der Waals surface area contributed by atoms with Gasteiger partial charge in [-0.25, -0.2) is 9.18 Å². The molecule has 1 saturated heterocycles. The van der Waals surface area contributed by atoms with Crippen LogP contribution in [0.5, 0.6) is 5.75 Å². The largest absolute Gasteiger partial charge is 0.494 e. The number of carbonyl (C=O) groups excluding carboxylic acids is 1. The lowest BCUT2D eigenvalue weighted by Gasteiger charge is -2.34. The Kier molecular flexibility index (Phi) is 7.50. The number of amides is 1. The number of benzene rings is 1. The quantitative estimate of drug-likeness (QED) is 0.815. The van der Waals surface area contributed by atoms with Crippen LogP contribution in [0.3, 0.4) is 0 Å². The topological polar surface area (TPSA) is 50.8 Å². The molecular weight excluding hydrogens is 323 g/mol. The summed E-state index contributed by atoms with van der Waals surface area (Å²) in [6, 6.07) is 4.69. The van der Waals surface area contributed by atoms with Crippen molar-refractivity contribution < 1.29 is 18.7 Å². The number of nitrogens with zero attached hydrogens (tertiary/aromatic N) is 1. The van der Waals surface area contributed by atoms with E-state index in [-0.39, 0.29) is 18.7 Å². The Hall–Kier alpha value is -1.82. The Balaban J connectivity index is 1.91. The van der Waals surface area contributed by atoms with E-state index in [1.54, 1.807) is 17.0 Å². The summed E-state index contributed by atoms with van der Waals surface area (Å²) in [7, 11) is 0. The highest BCUT2D eigenvalue weighted by atomic mass is 19.1. The molecule has 1 aromatic carbocycles. The molecule has 2 rings (SSSR count). The first-order valence-corrected chi connectivity index (χ1v) is 9.06. The van der Waals surface area contributed by atoms with Crippen molar-refractivity contribution in [2.24, 2.45) is 5.92 Å². The first-order chi connectivity index (χ1) is 12.0. The van der Waals surface area contributed by atoms with Gasteiger partial charge in [0.05, 0.1) is 6.61 Å². The highest BCUT2D eigenvalue weighted by Crippen LogP contribution is 2.19. The highest BCUT2D eigenvalue weighted by Gasteiger charge is 2.26. The van der Waals surface area contributed by atoms with Crippen LogP contribution in [-0.4, -0.2) is 43.3 Å². The Bertz CT molecular complexity index is 566. The van der Waals surface area contributed by atoms with Gasteiger partial charge >= 0.3 is 6.09 Å². The van der Waals surface area contributed by atoms with Gasteiger partial charge in [-0.3, -0.25) is 0 Å². The number of hydrogen-bond acceptors (Lipinski definition) is 4. The first kappa shape index (κ1) is 19.5. The van der Waals surface area contributed by atoms with Crippen molar-refractivity contribution in [2.75, 3.05) is 26.2 Å². The van der Waals surface area contributed by atoms with E-state index in [0.29, 0.717) is 30.4 Å². The van der Waals surface area contributed by atoms with E-state index in [4.69, 9.17) is 9.47 Å². The molecule has 1 amide bonds. The summed E-state index contributed by atoms with van der Waals surface area (Å²) in [5.41, 5.74) is 0.332. The number of carbonyl (C=O) groups is 1. The minimum Gasteiger partial charge on any atom is -0.494 e. The van der Waals surface area contributed by atoms with Crippen molar-refractivity contribution >= 4 is 6.09 Å². The van der Waals surface area contributed by atoms with Gasteiger partial charge in [-0.1, -0.05) is 20.8 Å². The Labute approximate surface area is 149 Å². The van der Waals surface area contributed by atoms with E-state index in [2.05, 4.69) is 19.2 Å². The van der Waals surface area contributed by atoms with E-state index < -0.39 is 5.82 Å². The maximum Gasteiger partial charge on any atom is 0.410 e. The van der Waals surface area contributed by atoms with Crippen LogP contribution in [-0.2, 0) is 11.3 Å². The average Bonchev–Trinajstić information content (AvgIpc) is 2.61. The number of nitrogens with one attached hydrogen (secondary N) is 1. The number of halogens is 1. The molecule has 0 unspecified atom stereocenters. The van der Waals surface area contributed by atoms with E-state index in [1.807, 2.05) is 6.92 Å². The summed E-state index contributed by atoms with van der Waals surface area (Å²) in [6.07, 6.45) is 1.40. The lowest BCUT2D eigenvalue weighted by atomic mass is 10.1. The Morgan fingerprint density at radius 1 is 1.44 bits per heavy atom. The minimum atomic E-state index is -0.392. The van der Waals surface area contributed by atoms with Crippen LogP contribution >= 0.6 is 0 Å². The maximum atomic E-state index is 14.0.